The number of para-hydroxylation sites is 1. The van der Waals surface area contributed by atoms with E-state index in [1.54, 1.807) is 6.26 Å². The maximum absolute atomic E-state index is 12.4. The summed E-state index contributed by atoms with van der Waals surface area (Å²) in [4.78, 5) is 12.4. The summed E-state index contributed by atoms with van der Waals surface area (Å²) < 4.78 is 5.43. The van der Waals surface area contributed by atoms with Gasteiger partial charge in [0.1, 0.15) is 11.8 Å². The van der Waals surface area contributed by atoms with Gasteiger partial charge in [-0.15, -0.1) is 0 Å². The van der Waals surface area contributed by atoms with Crippen molar-refractivity contribution >= 4 is 16.8 Å². The predicted octanol–water partition coefficient (Wildman–Crippen LogP) is 4.48. The number of furan rings is 1. The SMILES string of the molecule is Cc1ccc(CC(=O)c2coc3ccccc23)cc1C. The van der Waals surface area contributed by atoms with Crippen molar-refractivity contribution < 1.29 is 9.21 Å². The van der Waals surface area contributed by atoms with Gasteiger partial charge in [0.15, 0.2) is 5.78 Å². The minimum Gasteiger partial charge on any atom is -0.464 e. The van der Waals surface area contributed by atoms with Crippen LogP contribution in [0.25, 0.3) is 11.0 Å². The van der Waals surface area contributed by atoms with E-state index in [2.05, 4.69) is 26.0 Å². The molecule has 0 spiro atoms. The Hall–Kier alpha value is -2.35. The molecule has 0 saturated heterocycles. The van der Waals surface area contributed by atoms with E-state index in [0.29, 0.717) is 12.0 Å². The van der Waals surface area contributed by atoms with Crippen LogP contribution in [0, 0.1) is 13.8 Å². The van der Waals surface area contributed by atoms with Gasteiger partial charge in [-0.2, -0.15) is 0 Å². The molecular formula is C18H16O2. The van der Waals surface area contributed by atoms with Gasteiger partial charge in [-0.3, -0.25) is 4.79 Å². The maximum Gasteiger partial charge on any atom is 0.171 e. The Balaban J connectivity index is 1.91. The molecule has 2 nitrogen and oxygen atoms in total. The molecule has 1 heterocycles. The number of hydrogen-bond acceptors (Lipinski definition) is 2. The Labute approximate surface area is 118 Å². The van der Waals surface area contributed by atoms with Crippen LogP contribution in [0.15, 0.2) is 53.1 Å². The van der Waals surface area contributed by atoms with Crippen molar-refractivity contribution in [3.63, 3.8) is 0 Å². The first-order valence-electron chi connectivity index (χ1n) is 6.71. The number of carbonyl (C=O) groups excluding carboxylic acids is 1. The highest BCUT2D eigenvalue weighted by Gasteiger charge is 2.14. The topological polar surface area (TPSA) is 30.2 Å². The van der Waals surface area contributed by atoms with Crippen LogP contribution in [-0.4, -0.2) is 5.78 Å². The lowest BCUT2D eigenvalue weighted by Crippen LogP contribution is -2.03. The molecule has 0 bridgehead atoms. The molecule has 0 fully saturated rings. The van der Waals surface area contributed by atoms with Gasteiger partial charge >= 0.3 is 0 Å². The van der Waals surface area contributed by atoms with Crippen LogP contribution < -0.4 is 0 Å². The van der Waals surface area contributed by atoms with Crippen LogP contribution in [0.4, 0.5) is 0 Å². The zero-order valence-corrected chi connectivity index (χ0v) is 11.6. The molecule has 0 unspecified atom stereocenters. The van der Waals surface area contributed by atoms with Crippen LogP contribution in [0.3, 0.4) is 0 Å². The Morgan fingerprint density at radius 1 is 1.05 bits per heavy atom. The van der Waals surface area contributed by atoms with E-state index in [9.17, 15) is 4.79 Å². The van der Waals surface area contributed by atoms with E-state index in [0.717, 1.165) is 16.5 Å². The quantitative estimate of drug-likeness (QED) is 0.653. The van der Waals surface area contributed by atoms with Crippen LogP contribution in [0.5, 0.6) is 0 Å². The standard InChI is InChI=1S/C18H16O2/c1-12-7-8-14(9-13(12)2)10-17(19)16-11-20-18-6-4-3-5-15(16)18/h3-9,11H,10H2,1-2H3. The van der Waals surface area contributed by atoms with Gasteiger partial charge in [-0.1, -0.05) is 36.4 Å². The van der Waals surface area contributed by atoms with Crippen LogP contribution in [0.1, 0.15) is 27.0 Å². The fraction of sp³-hybridized carbons (Fsp3) is 0.167. The highest BCUT2D eigenvalue weighted by Crippen LogP contribution is 2.22. The first-order chi connectivity index (χ1) is 9.65. The van der Waals surface area contributed by atoms with Gasteiger partial charge in [0.05, 0.1) is 5.56 Å². The second-order valence-electron chi connectivity index (χ2n) is 5.16. The van der Waals surface area contributed by atoms with Gasteiger partial charge < -0.3 is 4.42 Å². The Kier molecular flexibility index (Phi) is 3.15. The number of hydrogen-bond donors (Lipinski definition) is 0. The fourth-order valence-corrected chi connectivity index (χ4v) is 2.39. The van der Waals surface area contributed by atoms with E-state index >= 15 is 0 Å². The van der Waals surface area contributed by atoms with E-state index < -0.39 is 0 Å². The Morgan fingerprint density at radius 3 is 2.65 bits per heavy atom. The third-order valence-electron chi connectivity index (χ3n) is 3.72. The van der Waals surface area contributed by atoms with Gasteiger partial charge in [-0.05, 0) is 36.6 Å². The Morgan fingerprint density at radius 2 is 1.85 bits per heavy atom. The van der Waals surface area contributed by atoms with Crippen molar-refractivity contribution in [2.75, 3.05) is 0 Å². The summed E-state index contributed by atoms with van der Waals surface area (Å²) in [6.07, 6.45) is 1.97. The minimum atomic E-state index is 0.0956. The number of fused-ring (bicyclic) bond motifs is 1. The molecule has 0 aliphatic heterocycles. The first-order valence-corrected chi connectivity index (χ1v) is 6.71. The third kappa shape index (κ3) is 2.25. The second kappa shape index (κ2) is 4.97. The normalized spacial score (nSPS) is 10.9. The monoisotopic (exact) mass is 264 g/mol. The number of benzene rings is 2. The van der Waals surface area contributed by atoms with Gasteiger partial charge in [-0.25, -0.2) is 0 Å². The molecule has 0 atom stereocenters. The number of Topliss-reactive ketones (excluding diaryl/α,β-unsaturated/α-hetero) is 1. The van der Waals surface area contributed by atoms with Crippen molar-refractivity contribution in [1.29, 1.82) is 0 Å². The number of ketones is 1. The number of carbonyl (C=O) groups is 1. The summed E-state index contributed by atoms with van der Waals surface area (Å²) in [5, 5.41) is 0.890. The first kappa shape index (κ1) is 12.7. The van der Waals surface area contributed by atoms with E-state index in [-0.39, 0.29) is 5.78 Å². The van der Waals surface area contributed by atoms with E-state index in [4.69, 9.17) is 4.42 Å². The fourth-order valence-electron chi connectivity index (χ4n) is 2.39. The van der Waals surface area contributed by atoms with Crippen molar-refractivity contribution in [2.24, 2.45) is 0 Å². The smallest absolute Gasteiger partial charge is 0.171 e. The van der Waals surface area contributed by atoms with Crippen LogP contribution >= 0.6 is 0 Å². The lowest BCUT2D eigenvalue weighted by atomic mass is 9.99. The predicted molar refractivity (Wildman–Crippen MR) is 80.2 cm³/mol. The Bertz CT molecular complexity index is 781. The van der Waals surface area contributed by atoms with Crippen molar-refractivity contribution in [3.8, 4) is 0 Å². The van der Waals surface area contributed by atoms with Gasteiger partial charge in [0.25, 0.3) is 0 Å². The van der Waals surface area contributed by atoms with E-state index in [1.165, 1.54) is 11.1 Å². The van der Waals surface area contributed by atoms with Gasteiger partial charge in [0, 0.05) is 11.8 Å². The second-order valence-corrected chi connectivity index (χ2v) is 5.16. The van der Waals surface area contributed by atoms with Crippen molar-refractivity contribution in [3.05, 3.63) is 71.0 Å². The number of aryl methyl sites for hydroxylation is 2. The van der Waals surface area contributed by atoms with Gasteiger partial charge in [0.2, 0.25) is 0 Å². The van der Waals surface area contributed by atoms with Crippen molar-refractivity contribution in [1.82, 2.24) is 0 Å². The maximum atomic E-state index is 12.4. The highest BCUT2D eigenvalue weighted by molar-refractivity contribution is 6.07. The lowest BCUT2D eigenvalue weighted by molar-refractivity contribution is 0.0993. The zero-order chi connectivity index (χ0) is 14.1. The minimum absolute atomic E-state index is 0.0956. The molecule has 0 aliphatic carbocycles. The summed E-state index contributed by atoms with van der Waals surface area (Å²) in [5.74, 6) is 0.0956. The largest absolute Gasteiger partial charge is 0.464 e. The number of rotatable bonds is 3. The molecule has 2 heteroatoms. The summed E-state index contributed by atoms with van der Waals surface area (Å²) >= 11 is 0. The molecular weight excluding hydrogens is 248 g/mol. The highest BCUT2D eigenvalue weighted by atomic mass is 16.3. The average Bonchev–Trinajstić information content (AvgIpc) is 2.87. The molecule has 100 valence electrons. The van der Waals surface area contributed by atoms with E-state index in [1.807, 2.05) is 30.3 Å². The van der Waals surface area contributed by atoms with Crippen LogP contribution in [-0.2, 0) is 6.42 Å². The lowest BCUT2D eigenvalue weighted by Gasteiger charge is -2.04. The summed E-state index contributed by atoms with van der Waals surface area (Å²) in [6.45, 7) is 4.14. The molecule has 0 N–H and O–H groups in total. The molecule has 20 heavy (non-hydrogen) atoms. The molecule has 0 saturated carbocycles. The molecule has 3 aromatic rings. The summed E-state index contributed by atoms with van der Waals surface area (Å²) in [6, 6.07) is 13.8. The molecule has 1 aromatic heterocycles. The summed E-state index contributed by atoms with van der Waals surface area (Å²) in [5.41, 5.74) is 4.93. The summed E-state index contributed by atoms with van der Waals surface area (Å²) in [7, 11) is 0. The molecule has 0 radical (unpaired) electrons. The van der Waals surface area contributed by atoms with Crippen LogP contribution in [0.2, 0.25) is 0 Å². The molecule has 3 rings (SSSR count). The van der Waals surface area contributed by atoms with Crippen molar-refractivity contribution in [2.45, 2.75) is 20.3 Å². The molecule has 0 aliphatic rings. The molecule has 0 amide bonds. The zero-order valence-electron chi connectivity index (χ0n) is 11.6. The average molecular weight is 264 g/mol. The third-order valence-corrected chi connectivity index (χ3v) is 3.72. The molecule has 2 aromatic carbocycles.